The average molecular weight is 537 g/mol. The van der Waals surface area contributed by atoms with E-state index >= 15 is 0 Å². The van der Waals surface area contributed by atoms with E-state index in [1.165, 1.54) is 23.5 Å². The van der Waals surface area contributed by atoms with E-state index in [9.17, 15) is 18.0 Å². The minimum absolute atomic E-state index is 0.140. The van der Waals surface area contributed by atoms with Crippen LogP contribution in [0, 0.1) is 6.92 Å². The molecule has 3 aromatic rings. The summed E-state index contributed by atoms with van der Waals surface area (Å²) in [4.78, 5) is 12.7. The lowest BCUT2D eigenvalue weighted by Gasteiger charge is -2.18. The first kappa shape index (κ1) is 28.8. The topological polar surface area (TPSA) is 44.8 Å². The largest absolute Gasteiger partial charge is 0.494 e. The van der Waals surface area contributed by atoms with Crippen LogP contribution in [0.5, 0.6) is 11.5 Å². The molecule has 8 heteroatoms. The van der Waals surface area contributed by atoms with Crippen LogP contribution in [0.1, 0.15) is 73.9 Å². The van der Waals surface area contributed by atoms with Gasteiger partial charge in [0.2, 0.25) is 0 Å². The predicted molar refractivity (Wildman–Crippen MR) is 142 cm³/mol. The SMILES string of the molecule is CCCCC(CCOc1ccc(OCC(=O)OCC)c(CC)c1)c1sc2cc(C(F)(F)F)ccc2c1C. The van der Waals surface area contributed by atoms with E-state index in [2.05, 4.69) is 6.92 Å². The molecule has 0 saturated carbocycles. The van der Waals surface area contributed by atoms with Crippen LogP contribution in [-0.2, 0) is 22.1 Å². The summed E-state index contributed by atoms with van der Waals surface area (Å²) >= 11 is 1.47. The Morgan fingerprint density at radius 3 is 2.49 bits per heavy atom. The highest BCUT2D eigenvalue weighted by Gasteiger charge is 2.31. The van der Waals surface area contributed by atoms with Gasteiger partial charge in [-0.15, -0.1) is 11.3 Å². The smallest absolute Gasteiger partial charge is 0.416 e. The highest BCUT2D eigenvalue weighted by molar-refractivity contribution is 7.19. The molecule has 0 aliphatic rings. The second-order valence-electron chi connectivity index (χ2n) is 8.99. The Balaban J connectivity index is 1.71. The molecule has 0 spiro atoms. The lowest BCUT2D eigenvalue weighted by molar-refractivity contribution is -0.145. The summed E-state index contributed by atoms with van der Waals surface area (Å²) in [5.41, 5.74) is 1.39. The van der Waals surface area contributed by atoms with Crippen LogP contribution < -0.4 is 9.47 Å². The molecule has 0 fully saturated rings. The number of rotatable bonds is 13. The van der Waals surface area contributed by atoms with Gasteiger partial charge in [-0.3, -0.25) is 0 Å². The maximum absolute atomic E-state index is 13.2. The van der Waals surface area contributed by atoms with E-state index in [0.29, 0.717) is 23.7 Å². The Morgan fingerprint density at radius 2 is 1.81 bits per heavy atom. The minimum atomic E-state index is -4.35. The Kier molecular flexibility index (Phi) is 10.3. The van der Waals surface area contributed by atoms with Crippen molar-refractivity contribution in [2.75, 3.05) is 19.8 Å². The monoisotopic (exact) mass is 536 g/mol. The molecule has 1 heterocycles. The molecule has 1 unspecified atom stereocenters. The lowest BCUT2D eigenvalue weighted by Crippen LogP contribution is -2.15. The molecule has 0 aliphatic heterocycles. The van der Waals surface area contributed by atoms with Gasteiger partial charge in [-0.25, -0.2) is 4.79 Å². The first-order valence-corrected chi connectivity index (χ1v) is 13.6. The van der Waals surface area contributed by atoms with Crippen molar-refractivity contribution in [1.29, 1.82) is 0 Å². The third-order valence-corrected chi connectivity index (χ3v) is 7.80. The zero-order chi connectivity index (χ0) is 27.0. The predicted octanol–water partition coefficient (Wildman–Crippen LogP) is 8.48. The number of aryl methyl sites for hydroxylation is 2. The van der Waals surface area contributed by atoms with E-state index < -0.39 is 17.7 Å². The first-order valence-electron chi connectivity index (χ1n) is 12.8. The first-order chi connectivity index (χ1) is 17.7. The van der Waals surface area contributed by atoms with Gasteiger partial charge in [0, 0.05) is 9.58 Å². The second-order valence-corrected chi connectivity index (χ2v) is 10.1. The van der Waals surface area contributed by atoms with Gasteiger partial charge >= 0.3 is 12.1 Å². The van der Waals surface area contributed by atoms with Gasteiger partial charge in [0.1, 0.15) is 11.5 Å². The molecule has 202 valence electrons. The molecule has 37 heavy (non-hydrogen) atoms. The summed E-state index contributed by atoms with van der Waals surface area (Å²) in [6.07, 6.45) is 0.182. The highest BCUT2D eigenvalue weighted by Crippen LogP contribution is 2.41. The van der Waals surface area contributed by atoms with Crippen molar-refractivity contribution in [3.63, 3.8) is 0 Å². The number of alkyl halides is 3. The number of ether oxygens (including phenoxy) is 3. The van der Waals surface area contributed by atoms with E-state index in [4.69, 9.17) is 14.2 Å². The Labute approximate surface area is 220 Å². The second kappa shape index (κ2) is 13.2. The zero-order valence-electron chi connectivity index (χ0n) is 21.9. The van der Waals surface area contributed by atoms with Crippen molar-refractivity contribution in [3.8, 4) is 11.5 Å². The number of hydrogen-bond acceptors (Lipinski definition) is 5. The van der Waals surface area contributed by atoms with Crippen molar-refractivity contribution in [1.82, 2.24) is 0 Å². The molecule has 2 aromatic carbocycles. The minimum Gasteiger partial charge on any atom is -0.494 e. The number of carbonyl (C=O) groups excluding carboxylic acids is 1. The molecule has 1 atom stereocenters. The molecule has 4 nitrogen and oxygen atoms in total. The van der Waals surface area contributed by atoms with Crippen LogP contribution in [-0.4, -0.2) is 25.8 Å². The average Bonchev–Trinajstić information content (AvgIpc) is 3.20. The molecule has 0 saturated heterocycles. The third-order valence-electron chi connectivity index (χ3n) is 6.38. The van der Waals surface area contributed by atoms with Crippen LogP contribution in [0.25, 0.3) is 10.1 Å². The maximum Gasteiger partial charge on any atom is 0.416 e. The number of unbranched alkanes of at least 4 members (excludes halogenated alkanes) is 1. The van der Waals surface area contributed by atoms with Gasteiger partial charge in [-0.2, -0.15) is 13.2 Å². The molecule has 0 radical (unpaired) electrons. The fraction of sp³-hybridized carbons (Fsp3) is 0.483. The zero-order valence-corrected chi connectivity index (χ0v) is 22.7. The lowest BCUT2D eigenvalue weighted by atomic mass is 9.94. The van der Waals surface area contributed by atoms with E-state index in [1.54, 1.807) is 19.1 Å². The standard InChI is InChI=1S/C29H35F3O4S/c1-5-8-9-21(28-19(4)24-12-10-22(29(30,31)32)17-26(24)37-28)14-15-35-23-11-13-25(20(6-2)16-23)36-18-27(33)34-7-3/h10-13,16-17,21H,5-9,14-15,18H2,1-4H3. The maximum atomic E-state index is 13.2. The quantitative estimate of drug-likeness (QED) is 0.206. The number of thiophene rings is 1. The highest BCUT2D eigenvalue weighted by atomic mass is 32.1. The van der Waals surface area contributed by atoms with Crippen LogP contribution in [0.2, 0.25) is 0 Å². The fourth-order valence-corrected chi connectivity index (χ4v) is 5.81. The van der Waals surface area contributed by atoms with Crippen LogP contribution in [0.3, 0.4) is 0 Å². The number of fused-ring (bicyclic) bond motifs is 1. The van der Waals surface area contributed by atoms with Gasteiger partial charge in [0.25, 0.3) is 0 Å². The van der Waals surface area contributed by atoms with E-state index in [-0.39, 0.29) is 12.5 Å². The van der Waals surface area contributed by atoms with Crippen molar-refractivity contribution in [3.05, 3.63) is 58.0 Å². The molecule has 0 N–H and O–H groups in total. The number of esters is 1. The van der Waals surface area contributed by atoms with Crippen molar-refractivity contribution in [2.45, 2.75) is 71.9 Å². The number of halogens is 3. The number of benzene rings is 2. The summed E-state index contributed by atoms with van der Waals surface area (Å²) in [5, 5.41) is 0.890. The van der Waals surface area contributed by atoms with Gasteiger partial charge in [-0.05, 0) is 85.9 Å². The van der Waals surface area contributed by atoms with Crippen LogP contribution in [0.15, 0.2) is 36.4 Å². The van der Waals surface area contributed by atoms with Crippen molar-refractivity contribution < 1.29 is 32.2 Å². The van der Waals surface area contributed by atoms with Crippen molar-refractivity contribution >= 4 is 27.4 Å². The Bertz CT molecular complexity index is 1190. The normalized spacial score (nSPS) is 12.5. The molecule has 3 rings (SSSR count). The molecule has 1 aromatic heterocycles. The summed E-state index contributed by atoms with van der Waals surface area (Å²) in [5.74, 6) is 1.15. The summed E-state index contributed by atoms with van der Waals surface area (Å²) in [7, 11) is 0. The number of carbonyl (C=O) groups is 1. The molecule has 0 amide bonds. The molecule has 0 bridgehead atoms. The van der Waals surface area contributed by atoms with Gasteiger partial charge in [-0.1, -0.05) is 32.8 Å². The van der Waals surface area contributed by atoms with Gasteiger partial charge in [0.05, 0.1) is 18.8 Å². The fourth-order valence-electron chi connectivity index (χ4n) is 4.39. The molecular formula is C29H35F3O4S. The van der Waals surface area contributed by atoms with E-state index in [0.717, 1.165) is 59.2 Å². The van der Waals surface area contributed by atoms with Crippen LogP contribution >= 0.6 is 11.3 Å². The Morgan fingerprint density at radius 1 is 1.03 bits per heavy atom. The third kappa shape index (κ3) is 7.63. The number of hydrogen-bond donors (Lipinski definition) is 0. The summed E-state index contributed by atoms with van der Waals surface area (Å²) in [6.45, 7) is 8.56. The summed E-state index contributed by atoms with van der Waals surface area (Å²) in [6, 6.07) is 9.58. The van der Waals surface area contributed by atoms with Gasteiger partial charge in [0.15, 0.2) is 6.61 Å². The van der Waals surface area contributed by atoms with Gasteiger partial charge < -0.3 is 14.2 Å². The summed E-state index contributed by atoms with van der Waals surface area (Å²) < 4.78 is 57.0. The Hall–Kier alpha value is -2.74. The molecule has 0 aliphatic carbocycles. The van der Waals surface area contributed by atoms with Crippen molar-refractivity contribution in [2.24, 2.45) is 0 Å². The van der Waals surface area contributed by atoms with Crippen LogP contribution in [0.4, 0.5) is 13.2 Å². The molecular weight excluding hydrogens is 501 g/mol. The van der Waals surface area contributed by atoms with E-state index in [1.807, 2.05) is 26.0 Å².